The highest BCUT2D eigenvalue weighted by molar-refractivity contribution is 7.80. The maximum atomic E-state index is 11.1. The molecule has 5 rings (SSSR count). The van der Waals surface area contributed by atoms with Crippen LogP contribution in [0.25, 0.3) is 5.69 Å². The molecule has 0 amide bonds. The minimum absolute atomic E-state index is 0.0573. The average molecular weight is 457 g/mol. The number of hydrogen-bond acceptors (Lipinski definition) is 5. The molecule has 3 aromatic heterocycles. The van der Waals surface area contributed by atoms with Gasteiger partial charge in [0.15, 0.2) is 5.11 Å². The van der Waals surface area contributed by atoms with Crippen molar-refractivity contribution in [2.24, 2.45) is 0 Å². The van der Waals surface area contributed by atoms with Crippen LogP contribution in [-0.2, 0) is 6.54 Å². The summed E-state index contributed by atoms with van der Waals surface area (Å²) in [6.45, 7) is 0.605. The minimum Gasteiger partial charge on any atom is -0.352 e. The van der Waals surface area contributed by atoms with Gasteiger partial charge in [0.2, 0.25) is 0 Å². The molecule has 0 radical (unpaired) electrons. The molecule has 0 spiro atoms. The number of nitrogens with one attached hydrogen (secondary N) is 1. The predicted molar refractivity (Wildman–Crippen MR) is 128 cm³/mol. The first-order valence-electron chi connectivity index (χ1n) is 10.4. The second-order valence-corrected chi connectivity index (χ2v) is 8.07. The monoisotopic (exact) mass is 456 g/mol. The van der Waals surface area contributed by atoms with E-state index in [1.807, 2.05) is 47.2 Å². The van der Waals surface area contributed by atoms with Crippen LogP contribution >= 0.6 is 12.2 Å². The number of benzene rings is 1. The number of rotatable bonds is 6. The Hall–Kier alpha value is -4.11. The Morgan fingerprint density at radius 3 is 2.48 bits per heavy atom. The Balaban J connectivity index is 1.58. The van der Waals surface area contributed by atoms with Crippen molar-refractivity contribution in [3.05, 3.63) is 119 Å². The third-order valence-corrected chi connectivity index (χ3v) is 6.07. The van der Waals surface area contributed by atoms with Crippen molar-refractivity contribution in [3.8, 4) is 5.69 Å². The summed E-state index contributed by atoms with van der Waals surface area (Å²) >= 11 is 5.76. The standard InChI is InChI=1S/C24H20N6O2S/c31-30(32)19-8-6-18(7-9-19)28-15-3-5-21(28)23-22(20-4-1-2-12-26-20)27-24(33)29(23)16-17-10-13-25-14-11-17/h1-15,22-23H,16H2,(H,27,33)/t22-,23+/m1/s1. The first-order chi connectivity index (χ1) is 16.1. The van der Waals surface area contributed by atoms with E-state index in [9.17, 15) is 10.1 Å². The lowest BCUT2D eigenvalue weighted by Gasteiger charge is -2.29. The lowest BCUT2D eigenvalue weighted by atomic mass is 10.0. The predicted octanol–water partition coefficient (Wildman–Crippen LogP) is 4.35. The van der Waals surface area contributed by atoms with E-state index in [1.165, 1.54) is 12.1 Å². The lowest BCUT2D eigenvalue weighted by molar-refractivity contribution is -0.384. The van der Waals surface area contributed by atoms with Crippen LogP contribution < -0.4 is 5.32 Å². The van der Waals surface area contributed by atoms with Crippen LogP contribution in [0.5, 0.6) is 0 Å². The van der Waals surface area contributed by atoms with Crippen molar-refractivity contribution in [1.29, 1.82) is 0 Å². The highest BCUT2D eigenvalue weighted by Gasteiger charge is 2.41. The van der Waals surface area contributed by atoms with Gasteiger partial charge in [0.1, 0.15) is 0 Å². The van der Waals surface area contributed by atoms with Gasteiger partial charge in [0.05, 0.1) is 22.7 Å². The van der Waals surface area contributed by atoms with E-state index in [0.717, 1.165) is 22.6 Å². The summed E-state index contributed by atoms with van der Waals surface area (Å²) in [6, 6.07) is 20.0. The summed E-state index contributed by atoms with van der Waals surface area (Å²) in [7, 11) is 0. The Bertz CT molecular complexity index is 1280. The number of nitro benzene ring substituents is 1. The van der Waals surface area contributed by atoms with Crippen LogP contribution in [0.2, 0.25) is 0 Å². The van der Waals surface area contributed by atoms with Gasteiger partial charge in [-0.3, -0.25) is 20.1 Å². The quantitative estimate of drug-likeness (QED) is 0.262. The molecule has 33 heavy (non-hydrogen) atoms. The van der Waals surface area contributed by atoms with E-state index < -0.39 is 4.92 Å². The summed E-state index contributed by atoms with van der Waals surface area (Å²) in [6.07, 6.45) is 7.27. The van der Waals surface area contributed by atoms with E-state index in [-0.39, 0.29) is 17.8 Å². The smallest absolute Gasteiger partial charge is 0.269 e. The van der Waals surface area contributed by atoms with Gasteiger partial charge in [-0.15, -0.1) is 0 Å². The van der Waals surface area contributed by atoms with Gasteiger partial charge in [-0.05, 0) is 66.3 Å². The molecule has 4 aromatic rings. The second-order valence-electron chi connectivity index (χ2n) is 7.69. The van der Waals surface area contributed by atoms with E-state index in [1.54, 1.807) is 30.7 Å². The van der Waals surface area contributed by atoms with Crippen molar-refractivity contribution in [2.75, 3.05) is 0 Å². The molecule has 1 fully saturated rings. The first kappa shape index (κ1) is 20.8. The Morgan fingerprint density at radius 1 is 1.00 bits per heavy atom. The molecule has 1 saturated heterocycles. The van der Waals surface area contributed by atoms with Crippen molar-refractivity contribution < 1.29 is 4.92 Å². The van der Waals surface area contributed by atoms with Gasteiger partial charge < -0.3 is 14.8 Å². The topological polar surface area (TPSA) is 89.1 Å². The zero-order chi connectivity index (χ0) is 22.8. The number of nitro groups is 1. The molecule has 1 N–H and O–H groups in total. The van der Waals surface area contributed by atoms with Crippen molar-refractivity contribution in [1.82, 2.24) is 24.8 Å². The number of aromatic nitrogens is 3. The molecular weight excluding hydrogens is 436 g/mol. The fourth-order valence-corrected chi connectivity index (χ4v) is 4.49. The number of thiocarbonyl (C=S) groups is 1. The summed E-state index contributed by atoms with van der Waals surface area (Å²) < 4.78 is 2.04. The van der Waals surface area contributed by atoms with E-state index in [2.05, 4.69) is 26.3 Å². The van der Waals surface area contributed by atoms with E-state index in [4.69, 9.17) is 12.2 Å². The minimum atomic E-state index is -0.396. The van der Waals surface area contributed by atoms with Crippen molar-refractivity contribution in [3.63, 3.8) is 0 Å². The number of non-ortho nitro benzene ring substituents is 1. The normalized spacial score (nSPS) is 17.7. The van der Waals surface area contributed by atoms with Gasteiger partial charge in [-0.25, -0.2) is 0 Å². The molecule has 4 heterocycles. The number of pyridine rings is 2. The second kappa shape index (κ2) is 8.79. The van der Waals surface area contributed by atoms with Gasteiger partial charge in [0.25, 0.3) is 5.69 Å². The summed E-state index contributed by atoms with van der Waals surface area (Å²) in [5.74, 6) is 0. The Labute approximate surface area is 195 Å². The molecule has 1 aromatic carbocycles. The number of nitrogens with zero attached hydrogens (tertiary/aromatic N) is 5. The zero-order valence-corrected chi connectivity index (χ0v) is 18.3. The highest BCUT2D eigenvalue weighted by Crippen LogP contribution is 2.40. The lowest BCUT2D eigenvalue weighted by Crippen LogP contribution is -2.30. The zero-order valence-electron chi connectivity index (χ0n) is 17.5. The summed E-state index contributed by atoms with van der Waals surface area (Å²) in [5.41, 5.74) is 3.87. The van der Waals surface area contributed by atoms with Crippen LogP contribution in [-0.4, -0.2) is 29.5 Å². The fraction of sp³-hybridized carbons (Fsp3) is 0.125. The summed E-state index contributed by atoms with van der Waals surface area (Å²) in [5, 5.41) is 15.2. The molecule has 1 aliphatic rings. The van der Waals surface area contributed by atoms with E-state index in [0.29, 0.717) is 11.7 Å². The van der Waals surface area contributed by atoms with Gasteiger partial charge >= 0.3 is 0 Å². The van der Waals surface area contributed by atoms with Crippen LogP contribution in [0.15, 0.2) is 91.5 Å². The highest BCUT2D eigenvalue weighted by atomic mass is 32.1. The van der Waals surface area contributed by atoms with Crippen LogP contribution in [0, 0.1) is 10.1 Å². The summed E-state index contributed by atoms with van der Waals surface area (Å²) in [4.78, 5) is 21.5. The Morgan fingerprint density at radius 2 is 1.79 bits per heavy atom. The molecule has 0 bridgehead atoms. The molecule has 9 heteroatoms. The van der Waals surface area contributed by atoms with Crippen molar-refractivity contribution in [2.45, 2.75) is 18.6 Å². The maximum absolute atomic E-state index is 11.1. The average Bonchev–Trinajstić information content (AvgIpc) is 3.45. The fourth-order valence-electron chi connectivity index (χ4n) is 4.19. The molecule has 2 atom stereocenters. The molecule has 164 valence electrons. The third-order valence-electron chi connectivity index (χ3n) is 5.72. The molecule has 8 nitrogen and oxygen atoms in total. The maximum Gasteiger partial charge on any atom is 0.269 e. The van der Waals surface area contributed by atoms with Gasteiger partial charge in [-0.1, -0.05) is 6.07 Å². The SMILES string of the molecule is O=[N+]([O-])c1ccc(-n2cccc2[C@H]2[C@@H](c3ccccn3)NC(=S)N2Cc2ccncc2)cc1. The van der Waals surface area contributed by atoms with Crippen LogP contribution in [0.4, 0.5) is 5.69 Å². The van der Waals surface area contributed by atoms with Gasteiger partial charge in [-0.2, -0.15) is 0 Å². The van der Waals surface area contributed by atoms with Crippen molar-refractivity contribution >= 4 is 23.0 Å². The third kappa shape index (κ3) is 4.06. The molecular formula is C24H20N6O2S. The van der Waals surface area contributed by atoms with Gasteiger partial charge in [0, 0.05) is 54.8 Å². The Kier molecular flexibility index (Phi) is 5.54. The molecule has 1 aliphatic heterocycles. The molecule has 0 aliphatic carbocycles. The number of hydrogen-bond donors (Lipinski definition) is 1. The van der Waals surface area contributed by atoms with Crippen LogP contribution in [0.3, 0.4) is 0 Å². The molecule has 0 saturated carbocycles. The largest absolute Gasteiger partial charge is 0.352 e. The molecule has 0 unspecified atom stereocenters. The first-order valence-corrected chi connectivity index (χ1v) is 10.8. The van der Waals surface area contributed by atoms with Crippen LogP contribution in [0.1, 0.15) is 29.0 Å². The van der Waals surface area contributed by atoms with E-state index >= 15 is 0 Å².